The fraction of sp³-hybridized carbons (Fsp3) is 0.250. The van der Waals surface area contributed by atoms with Crippen molar-refractivity contribution < 1.29 is 9.53 Å². The van der Waals surface area contributed by atoms with E-state index >= 15 is 0 Å². The number of para-hydroxylation sites is 1. The number of benzene rings is 1. The van der Waals surface area contributed by atoms with Gasteiger partial charge in [0.2, 0.25) is 11.0 Å². The molecule has 100 valence electrons. The number of ether oxygens (including phenoxy) is 1. The summed E-state index contributed by atoms with van der Waals surface area (Å²) in [7, 11) is 1.59. The van der Waals surface area contributed by atoms with Crippen molar-refractivity contribution in [2.24, 2.45) is 0 Å². The third-order valence-corrected chi connectivity index (χ3v) is 3.02. The third kappa shape index (κ3) is 4.31. The van der Waals surface area contributed by atoms with Crippen LogP contribution in [0.5, 0.6) is 0 Å². The molecule has 0 aliphatic heterocycles. The van der Waals surface area contributed by atoms with E-state index in [-0.39, 0.29) is 12.5 Å². The fourth-order valence-corrected chi connectivity index (χ4v) is 2.12. The zero-order valence-corrected chi connectivity index (χ0v) is 11.2. The molecule has 7 heteroatoms. The van der Waals surface area contributed by atoms with Gasteiger partial charge in [0.25, 0.3) is 0 Å². The summed E-state index contributed by atoms with van der Waals surface area (Å²) in [5.74, 6) is -0.163. The van der Waals surface area contributed by atoms with Gasteiger partial charge in [-0.25, -0.2) is 0 Å². The van der Waals surface area contributed by atoms with Gasteiger partial charge in [-0.1, -0.05) is 29.5 Å². The first-order valence-corrected chi connectivity index (χ1v) is 6.49. The number of rotatable bonds is 6. The van der Waals surface area contributed by atoms with Crippen molar-refractivity contribution in [3.05, 3.63) is 35.3 Å². The van der Waals surface area contributed by atoms with Gasteiger partial charge >= 0.3 is 0 Å². The van der Waals surface area contributed by atoms with E-state index in [0.29, 0.717) is 11.7 Å². The number of carbonyl (C=O) groups excluding carboxylic acids is 1. The normalized spacial score (nSPS) is 10.2. The van der Waals surface area contributed by atoms with Gasteiger partial charge in [-0.05, 0) is 12.1 Å². The Morgan fingerprint density at radius 2 is 2.11 bits per heavy atom. The van der Waals surface area contributed by atoms with Gasteiger partial charge in [-0.3, -0.25) is 10.1 Å². The second-order valence-electron chi connectivity index (χ2n) is 3.70. The Morgan fingerprint density at radius 3 is 2.84 bits per heavy atom. The van der Waals surface area contributed by atoms with Gasteiger partial charge in [-0.2, -0.15) is 0 Å². The first-order valence-electron chi connectivity index (χ1n) is 5.68. The predicted octanol–water partition coefficient (Wildman–Crippen LogP) is 1.74. The summed E-state index contributed by atoms with van der Waals surface area (Å²) in [6.45, 7) is 0.582. The van der Waals surface area contributed by atoms with Crippen LogP contribution in [0.4, 0.5) is 10.8 Å². The van der Waals surface area contributed by atoms with E-state index in [0.717, 1.165) is 10.7 Å². The monoisotopic (exact) mass is 278 g/mol. The minimum atomic E-state index is -0.163. The molecule has 2 rings (SSSR count). The number of hydrogen-bond donors (Lipinski definition) is 2. The zero-order chi connectivity index (χ0) is 13.5. The van der Waals surface area contributed by atoms with Crippen LogP contribution in [0.25, 0.3) is 0 Å². The smallest absolute Gasteiger partial charge is 0.245 e. The molecular formula is C12H14N4O2S. The molecule has 19 heavy (non-hydrogen) atoms. The van der Waals surface area contributed by atoms with Crippen molar-refractivity contribution in [3.8, 4) is 0 Å². The molecule has 0 aliphatic rings. The molecule has 1 heterocycles. The Bertz CT molecular complexity index is 530. The number of hydrogen-bond acceptors (Lipinski definition) is 6. The number of anilines is 2. The number of carbonyl (C=O) groups is 1. The minimum absolute atomic E-state index is 0.163. The minimum Gasteiger partial charge on any atom is -0.377 e. The molecule has 0 spiro atoms. The Kier molecular flexibility index (Phi) is 4.82. The molecule has 0 saturated carbocycles. The van der Waals surface area contributed by atoms with E-state index in [9.17, 15) is 4.79 Å². The van der Waals surface area contributed by atoms with Crippen LogP contribution in [-0.4, -0.2) is 29.8 Å². The molecular weight excluding hydrogens is 264 g/mol. The van der Waals surface area contributed by atoms with Gasteiger partial charge in [0, 0.05) is 12.8 Å². The molecule has 6 nitrogen and oxygen atoms in total. The van der Waals surface area contributed by atoms with E-state index in [4.69, 9.17) is 4.74 Å². The average molecular weight is 278 g/mol. The number of nitrogens with zero attached hydrogens (tertiary/aromatic N) is 2. The molecule has 0 saturated heterocycles. The molecule has 2 aromatic rings. The largest absolute Gasteiger partial charge is 0.377 e. The van der Waals surface area contributed by atoms with E-state index in [2.05, 4.69) is 20.8 Å². The van der Waals surface area contributed by atoms with Crippen LogP contribution in [0.3, 0.4) is 0 Å². The van der Waals surface area contributed by atoms with Crippen molar-refractivity contribution in [2.75, 3.05) is 24.3 Å². The topological polar surface area (TPSA) is 76.1 Å². The third-order valence-electron chi connectivity index (χ3n) is 2.21. The second kappa shape index (κ2) is 6.81. The first kappa shape index (κ1) is 13.4. The number of aromatic nitrogens is 2. The van der Waals surface area contributed by atoms with Gasteiger partial charge in [-0.15, -0.1) is 10.2 Å². The maximum Gasteiger partial charge on any atom is 0.245 e. The lowest BCUT2D eigenvalue weighted by Crippen LogP contribution is -2.21. The van der Waals surface area contributed by atoms with Crippen LogP contribution in [0.2, 0.25) is 0 Å². The molecule has 1 aromatic heterocycles. The maximum atomic E-state index is 11.7. The summed E-state index contributed by atoms with van der Waals surface area (Å²) in [5.41, 5.74) is 0.898. The molecule has 0 bridgehead atoms. The van der Waals surface area contributed by atoms with Crippen molar-refractivity contribution in [2.45, 2.75) is 6.61 Å². The maximum absolute atomic E-state index is 11.7. The van der Waals surface area contributed by atoms with Crippen LogP contribution in [-0.2, 0) is 16.1 Å². The lowest BCUT2D eigenvalue weighted by Gasteiger charge is -2.05. The highest BCUT2D eigenvalue weighted by Crippen LogP contribution is 2.15. The Hall–Kier alpha value is -1.99. The van der Waals surface area contributed by atoms with Crippen LogP contribution in [0.15, 0.2) is 30.3 Å². The molecule has 0 radical (unpaired) electrons. The summed E-state index contributed by atoms with van der Waals surface area (Å²) in [5, 5.41) is 14.6. The standard InChI is InChI=1S/C12H14N4O2S/c1-18-8-11-15-16-12(19-11)14-10(17)7-13-9-5-3-2-4-6-9/h2-6,13H,7-8H2,1H3,(H,14,16,17). The average Bonchev–Trinajstić information content (AvgIpc) is 2.85. The molecule has 0 unspecified atom stereocenters. The lowest BCUT2D eigenvalue weighted by molar-refractivity contribution is -0.114. The summed E-state index contributed by atoms with van der Waals surface area (Å²) >= 11 is 1.30. The van der Waals surface area contributed by atoms with Gasteiger partial charge in [0.1, 0.15) is 11.6 Å². The second-order valence-corrected chi connectivity index (χ2v) is 4.76. The van der Waals surface area contributed by atoms with Crippen molar-refractivity contribution >= 4 is 28.1 Å². The van der Waals surface area contributed by atoms with Crippen LogP contribution < -0.4 is 10.6 Å². The SMILES string of the molecule is COCc1nnc(NC(=O)CNc2ccccc2)s1. The first-order chi connectivity index (χ1) is 9.28. The summed E-state index contributed by atoms with van der Waals surface area (Å²) in [6, 6.07) is 9.53. The van der Waals surface area contributed by atoms with Crippen molar-refractivity contribution in [1.82, 2.24) is 10.2 Å². The fourth-order valence-electron chi connectivity index (χ4n) is 1.39. The van der Waals surface area contributed by atoms with Crippen LogP contribution in [0, 0.1) is 0 Å². The molecule has 2 N–H and O–H groups in total. The summed E-state index contributed by atoms with van der Waals surface area (Å²) in [6.07, 6.45) is 0. The quantitative estimate of drug-likeness (QED) is 0.841. The van der Waals surface area contributed by atoms with Crippen molar-refractivity contribution in [1.29, 1.82) is 0 Å². The molecule has 1 aromatic carbocycles. The zero-order valence-electron chi connectivity index (χ0n) is 10.4. The van der Waals surface area contributed by atoms with E-state index in [1.165, 1.54) is 11.3 Å². The highest BCUT2D eigenvalue weighted by Gasteiger charge is 2.07. The number of methoxy groups -OCH3 is 1. The van der Waals surface area contributed by atoms with E-state index < -0.39 is 0 Å². The van der Waals surface area contributed by atoms with Gasteiger partial charge in [0.05, 0.1) is 6.54 Å². The Balaban J connectivity index is 1.80. The highest BCUT2D eigenvalue weighted by molar-refractivity contribution is 7.15. The number of nitrogens with one attached hydrogen (secondary N) is 2. The number of amides is 1. The summed E-state index contributed by atoms with van der Waals surface area (Å²) < 4.78 is 4.93. The van der Waals surface area contributed by atoms with E-state index in [1.54, 1.807) is 7.11 Å². The Labute approximate surface area is 114 Å². The Morgan fingerprint density at radius 1 is 1.32 bits per heavy atom. The van der Waals surface area contributed by atoms with Crippen molar-refractivity contribution in [3.63, 3.8) is 0 Å². The predicted molar refractivity (Wildman–Crippen MR) is 74.2 cm³/mol. The lowest BCUT2D eigenvalue weighted by atomic mass is 10.3. The molecule has 1 amide bonds. The van der Waals surface area contributed by atoms with Crippen LogP contribution >= 0.6 is 11.3 Å². The summed E-state index contributed by atoms with van der Waals surface area (Å²) in [4.78, 5) is 11.7. The molecule has 0 atom stereocenters. The van der Waals surface area contributed by atoms with Crippen LogP contribution in [0.1, 0.15) is 5.01 Å². The highest BCUT2D eigenvalue weighted by atomic mass is 32.1. The molecule has 0 aliphatic carbocycles. The van der Waals surface area contributed by atoms with E-state index in [1.807, 2.05) is 30.3 Å². The van der Waals surface area contributed by atoms with Gasteiger partial charge in [0.15, 0.2) is 0 Å². The molecule has 0 fully saturated rings. The van der Waals surface area contributed by atoms with Gasteiger partial charge < -0.3 is 10.1 Å².